The monoisotopic (exact) mass is 295 g/mol. The van der Waals surface area contributed by atoms with Gasteiger partial charge in [0.15, 0.2) is 0 Å². The van der Waals surface area contributed by atoms with Crippen molar-refractivity contribution in [3.05, 3.63) is 59.7 Å². The molecule has 0 heterocycles. The standard InChI is InChI=1S/C14H12F3N3O/c15-14(16,17)9-5-7-10(8-6-9)19-12-4-2-1-3-11(12)13(21)20-18/h1-8,19H,18H2,(H,20,21). The van der Waals surface area contributed by atoms with Crippen LogP contribution in [0.3, 0.4) is 0 Å². The van der Waals surface area contributed by atoms with Crippen LogP contribution < -0.4 is 16.6 Å². The second-order valence-electron chi connectivity index (χ2n) is 4.22. The minimum absolute atomic E-state index is 0.292. The van der Waals surface area contributed by atoms with Crippen molar-refractivity contribution in [1.82, 2.24) is 5.43 Å². The molecule has 0 fully saturated rings. The number of hydrogen-bond acceptors (Lipinski definition) is 3. The average Bonchev–Trinajstić information content (AvgIpc) is 2.46. The largest absolute Gasteiger partial charge is 0.416 e. The molecular weight excluding hydrogens is 283 g/mol. The van der Waals surface area contributed by atoms with Gasteiger partial charge >= 0.3 is 6.18 Å². The van der Waals surface area contributed by atoms with Crippen LogP contribution in [0.4, 0.5) is 24.5 Å². The van der Waals surface area contributed by atoms with Gasteiger partial charge in [0, 0.05) is 5.69 Å². The van der Waals surface area contributed by atoms with E-state index in [1.807, 2.05) is 5.43 Å². The average molecular weight is 295 g/mol. The molecule has 110 valence electrons. The van der Waals surface area contributed by atoms with E-state index >= 15 is 0 Å². The number of halogens is 3. The van der Waals surface area contributed by atoms with Gasteiger partial charge in [-0.05, 0) is 36.4 Å². The molecule has 0 atom stereocenters. The Labute approximate surface area is 118 Å². The van der Waals surface area contributed by atoms with E-state index in [9.17, 15) is 18.0 Å². The van der Waals surface area contributed by atoms with Crippen molar-refractivity contribution in [2.24, 2.45) is 5.84 Å². The third-order valence-electron chi connectivity index (χ3n) is 2.79. The molecule has 0 aliphatic rings. The lowest BCUT2D eigenvalue weighted by atomic mass is 10.1. The molecule has 2 aromatic carbocycles. The number of para-hydroxylation sites is 1. The molecule has 0 aromatic heterocycles. The SMILES string of the molecule is NNC(=O)c1ccccc1Nc1ccc(C(F)(F)F)cc1. The van der Waals surface area contributed by atoms with Crippen LogP contribution in [0.15, 0.2) is 48.5 Å². The van der Waals surface area contributed by atoms with Crippen LogP contribution >= 0.6 is 0 Å². The number of rotatable bonds is 3. The summed E-state index contributed by atoms with van der Waals surface area (Å²) in [6.07, 6.45) is -4.38. The fraction of sp³-hybridized carbons (Fsp3) is 0.0714. The highest BCUT2D eigenvalue weighted by Crippen LogP contribution is 2.30. The minimum Gasteiger partial charge on any atom is -0.355 e. The van der Waals surface area contributed by atoms with Crippen molar-refractivity contribution in [1.29, 1.82) is 0 Å². The molecule has 0 saturated heterocycles. The summed E-state index contributed by atoms with van der Waals surface area (Å²) in [5.41, 5.74) is 2.44. The van der Waals surface area contributed by atoms with Crippen molar-refractivity contribution in [2.45, 2.75) is 6.18 Å². The van der Waals surface area contributed by atoms with E-state index < -0.39 is 17.6 Å². The van der Waals surface area contributed by atoms with E-state index in [2.05, 4.69) is 5.32 Å². The molecule has 0 bridgehead atoms. The fourth-order valence-corrected chi connectivity index (χ4v) is 1.77. The molecule has 4 N–H and O–H groups in total. The highest BCUT2D eigenvalue weighted by atomic mass is 19.4. The number of nitrogens with two attached hydrogens (primary N) is 1. The molecule has 2 aromatic rings. The van der Waals surface area contributed by atoms with Crippen molar-refractivity contribution in [3.63, 3.8) is 0 Å². The van der Waals surface area contributed by atoms with Crippen LogP contribution in [0.25, 0.3) is 0 Å². The highest BCUT2D eigenvalue weighted by molar-refractivity contribution is 5.99. The van der Waals surface area contributed by atoms with Crippen LogP contribution in [-0.4, -0.2) is 5.91 Å². The quantitative estimate of drug-likeness (QED) is 0.463. The normalized spacial score (nSPS) is 11.0. The Hall–Kier alpha value is -2.54. The van der Waals surface area contributed by atoms with Gasteiger partial charge < -0.3 is 5.32 Å². The Kier molecular flexibility index (Phi) is 4.13. The van der Waals surface area contributed by atoms with Gasteiger partial charge in [0.25, 0.3) is 5.91 Å². The van der Waals surface area contributed by atoms with Crippen LogP contribution in [0.2, 0.25) is 0 Å². The van der Waals surface area contributed by atoms with Gasteiger partial charge in [-0.25, -0.2) is 5.84 Å². The smallest absolute Gasteiger partial charge is 0.355 e. The maximum absolute atomic E-state index is 12.5. The van der Waals surface area contributed by atoms with Gasteiger partial charge in [-0.2, -0.15) is 13.2 Å². The summed E-state index contributed by atoms with van der Waals surface area (Å²) >= 11 is 0. The summed E-state index contributed by atoms with van der Waals surface area (Å²) in [5.74, 6) is 4.59. The lowest BCUT2D eigenvalue weighted by Crippen LogP contribution is -2.30. The van der Waals surface area contributed by atoms with Crippen molar-refractivity contribution < 1.29 is 18.0 Å². The fourth-order valence-electron chi connectivity index (χ4n) is 1.77. The summed E-state index contributed by atoms with van der Waals surface area (Å²) in [5, 5.41) is 2.88. The van der Waals surface area contributed by atoms with E-state index in [0.29, 0.717) is 16.9 Å². The molecule has 1 amide bonds. The first kappa shape index (κ1) is 14.9. The predicted molar refractivity (Wildman–Crippen MR) is 72.8 cm³/mol. The molecule has 0 radical (unpaired) electrons. The molecule has 0 spiro atoms. The van der Waals surface area contributed by atoms with E-state index in [1.165, 1.54) is 12.1 Å². The number of amides is 1. The summed E-state index contributed by atoms with van der Waals surface area (Å²) in [6, 6.07) is 11.0. The topological polar surface area (TPSA) is 67.1 Å². The van der Waals surface area contributed by atoms with Crippen LogP contribution in [0.5, 0.6) is 0 Å². The number of nitrogens with one attached hydrogen (secondary N) is 2. The minimum atomic E-state index is -4.38. The zero-order chi connectivity index (χ0) is 15.5. The van der Waals surface area contributed by atoms with Crippen LogP contribution in [0.1, 0.15) is 15.9 Å². The number of benzene rings is 2. The van der Waals surface area contributed by atoms with Gasteiger partial charge in [-0.1, -0.05) is 12.1 Å². The van der Waals surface area contributed by atoms with Gasteiger partial charge in [0.05, 0.1) is 16.8 Å². The van der Waals surface area contributed by atoms with Crippen molar-refractivity contribution in [2.75, 3.05) is 5.32 Å². The number of nitrogen functional groups attached to an aromatic ring is 1. The van der Waals surface area contributed by atoms with E-state index in [4.69, 9.17) is 5.84 Å². The molecule has 0 aliphatic heterocycles. The molecule has 7 heteroatoms. The maximum Gasteiger partial charge on any atom is 0.416 e. The molecule has 0 aliphatic carbocycles. The summed E-state index contributed by atoms with van der Waals surface area (Å²) < 4.78 is 37.4. The zero-order valence-electron chi connectivity index (χ0n) is 10.7. The molecule has 21 heavy (non-hydrogen) atoms. The summed E-state index contributed by atoms with van der Waals surface area (Å²) in [7, 11) is 0. The molecular formula is C14H12F3N3O. The highest BCUT2D eigenvalue weighted by Gasteiger charge is 2.29. The second-order valence-corrected chi connectivity index (χ2v) is 4.22. The predicted octanol–water partition coefficient (Wildman–Crippen LogP) is 3.05. The van der Waals surface area contributed by atoms with E-state index in [1.54, 1.807) is 24.3 Å². The number of alkyl halides is 3. The first-order chi connectivity index (χ1) is 9.91. The number of anilines is 2. The summed E-state index contributed by atoms with van der Waals surface area (Å²) in [4.78, 5) is 11.6. The first-order valence-electron chi connectivity index (χ1n) is 5.96. The van der Waals surface area contributed by atoms with Crippen molar-refractivity contribution in [3.8, 4) is 0 Å². The number of carbonyl (C=O) groups excluding carboxylic acids is 1. The number of hydrogen-bond donors (Lipinski definition) is 3. The van der Waals surface area contributed by atoms with Crippen molar-refractivity contribution >= 4 is 17.3 Å². The Morgan fingerprint density at radius 2 is 1.62 bits per heavy atom. The Balaban J connectivity index is 2.25. The number of hydrazine groups is 1. The van der Waals surface area contributed by atoms with E-state index in [0.717, 1.165) is 12.1 Å². The van der Waals surface area contributed by atoms with Gasteiger partial charge in [-0.3, -0.25) is 10.2 Å². The second kappa shape index (κ2) is 5.84. The third kappa shape index (κ3) is 3.51. The Bertz CT molecular complexity index is 639. The van der Waals surface area contributed by atoms with Crippen LogP contribution in [-0.2, 0) is 6.18 Å². The lowest BCUT2D eigenvalue weighted by molar-refractivity contribution is -0.137. The third-order valence-corrected chi connectivity index (χ3v) is 2.79. The van der Waals surface area contributed by atoms with Gasteiger partial charge in [0.2, 0.25) is 0 Å². The van der Waals surface area contributed by atoms with Crippen LogP contribution in [0, 0.1) is 0 Å². The Morgan fingerprint density at radius 1 is 1.00 bits per heavy atom. The molecule has 4 nitrogen and oxygen atoms in total. The Morgan fingerprint density at radius 3 is 2.19 bits per heavy atom. The first-order valence-corrected chi connectivity index (χ1v) is 5.96. The van der Waals surface area contributed by atoms with Gasteiger partial charge in [-0.15, -0.1) is 0 Å². The molecule has 0 saturated carbocycles. The zero-order valence-corrected chi connectivity index (χ0v) is 10.7. The lowest BCUT2D eigenvalue weighted by Gasteiger charge is -2.12. The maximum atomic E-state index is 12.5. The molecule has 0 unspecified atom stereocenters. The number of carbonyl (C=O) groups is 1. The van der Waals surface area contributed by atoms with Gasteiger partial charge in [0.1, 0.15) is 0 Å². The molecule has 2 rings (SSSR count). The summed E-state index contributed by atoms with van der Waals surface area (Å²) in [6.45, 7) is 0. The van der Waals surface area contributed by atoms with E-state index in [-0.39, 0.29) is 0 Å².